The third-order valence-electron chi connectivity index (χ3n) is 2.65. The van der Waals surface area contributed by atoms with Crippen molar-refractivity contribution >= 4 is 12.1 Å². The van der Waals surface area contributed by atoms with Crippen LogP contribution in [-0.4, -0.2) is 49.5 Å². The zero-order valence-electron chi connectivity index (χ0n) is 15.2. The molecule has 1 rings (SSSR count). The molecule has 0 aliphatic rings. The largest absolute Gasteiger partial charge is 0.458 e. The van der Waals surface area contributed by atoms with Gasteiger partial charge in [-0.2, -0.15) is 0 Å². The maximum Gasteiger partial charge on any atom is 0.408 e. The second-order valence-electron chi connectivity index (χ2n) is 7.45. The van der Waals surface area contributed by atoms with Crippen LogP contribution < -0.4 is 5.32 Å². The topological polar surface area (TPSA) is 108 Å². The van der Waals surface area contributed by atoms with Gasteiger partial charge in [0.25, 0.3) is 0 Å². The quantitative estimate of drug-likeness (QED) is 0.784. The Kier molecular flexibility index (Phi) is 6.68. The maximum absolute atomic E-state index is 12.3. The van der Waals surface area contributed by atoms with Gasteiger partial charge in [-0.3, -0.25) is 0 Å². The fourth-order valence-corrected chi connectivity index (χ4v) is 1.81. The van der Waals surface area contributed by atoms with Gasteiger partial charge >= 0.3 is 12.1 Å². The van der Waals surface area contributed by atoms with Gasteiger partial charge in [-0.15, -0.1) is 5.10 Å². The Morgan fingerprint density at radius 1 is 1.12 bits per heavy atom. The Balaban J connectivity index is 2.63. The van der Waals surface area contributed by atoms with Gasteiger partial charge in [0.1, 0.15) is 23.6 Å². The molecule has 1 aromatic rings. The molecule has 1 N–H and O–H groups in total. The molecule has 9 heteroatoms. The summed E-state index contributed by atoms with van der Waals surface area (Å²) in [6.45, 7) is 11.1. The van der Waals surface area contributed by atoms with Gasteiger partial charge in [0.15, 0.2) is 0 Å². The minimum Gasteiger partial charge on any atom is -0.458 e. The van der Waals surface area contributed by atoms with Crippen molar-refractivity contribution in [2.24, 2.45) is 0 Å². The summed E-state index contributed by atoms with van der Waals surface area (Å²) in [7, 11) is 0. The monoisotopic (exact) mass is 341 g/mol. The molecule has 9 nitrogen and oxygen atoms in total. The Morgan fingerprint density at radius 3 is 2.25 bits per heavy atom. The number of nitrogens with zero attached hydrogens (tertiary/aromatic N) is 4. The van der Waals surface area contributed by atoms with Crippen molar-refractivity contribution in [1.29, 1.82) is 0 Å². The average molecular weight is 341 g/mol. The summed E-state index contributed by atoms with van der Waals surface area (Å²) < 4.78 is 12.1. The highest BCUT2D eigenvalue weighted by atomic mass is 16.6. The molecule has 1 heterocycles. The van der Waals surface area contributed by atoms with Crippen LogP contribution in [0.1, 0.15) is 54.4 Å². The molecular weight excluding hydrogens is 314 g/mol. The Labute approximate surface area is 142 Å². The van der Waals surface area contributed by atoms with E-state index in [9.17, 15) is 9.59 Å². The number of carbonyl (C=O) groups excluding carboxylic acids is 2. The number of carbonyl (C=O) groups is 2. The van der Waals surface area contributed by atoms with E-state index < -0.39 is 29.3 Å². The first-order valence-corrected chi connectivity index (χ1v) is 7.89. The molecule has 0 aromatic carbocycles. The molecule has 0 saturated heterocycles. The minimum atomic E-state index is -0.796. The lowest BCUT2D eigenvalue weighted by Crippen LogP contribution is -2.46. The fourth-order valence-electron chi connectivity index (χ4n) is 1.81. The Morgan fingerprint density at radius 2 is 1.75 bits per heavy atom. The molecule has 0 aliphatic carbocycles. The average Bonchev–Trinajstić information content (AvgIpc) is 2.86. The minimum absolute atomic E-state index is 0.383. The fraction of sp³-hybridized carbons (Fsp3) is 0.800. The highest BCUT2D eigenvalue weighted by molar-refractivity contribution is 5.81. The standard InChI is InChI=1S/C15H27N5O4/c1-14(2,3)23-12(21)11(17-13(22)24-15(4,5)6)8-7-9-20-10-16-18-19-20/h10-11H,7-9H2,1-6H3,(H,17,22)/t11-/m0/s1. The van der Waals surface area contributed by atoms with Crippen LogP contribution in [0.4, 0.5) is 4.79 Å². The van der Waals surface area contributed by atoms with E-state index in [0.717, 1.165) is 0 Å². The van der Waals surface area contributed by atoms with Crippen molar-refractivity contribution in [3.8, 4) is 0 Å². The summed E-state index contributed by atoms with van der Waals surface area (Å²) in [5.74, 6) is -0.495. The van der Waals surface area contributed by atoms with E-state index in [4.69, 9.17) is 9.47 Å². The van der Waals surface area contributed by atoms with Crippen LogP contribution in [-0.2, 0) is 20.8 Å². The lowest BCUT2D eigenvalue weighted by Gasteiger charge is -2.26. The number of aryl methyl sites for hydroxylation is 1. The molecule has 1 atom stereocenters. The second kappa shape index (κ2) is 8.07. The predicted molar refractivity (Wildman–Crippen MR) is 86.1 cm³/mol. The van der Waals surface area contributed by atoms with E-state index in [0.29, 0.717) is 19.4 Å². The molecule has 1 aromatic heterocycles. The summed E-state index contributed by atoms with van der Waals surface area (Å²) >= 11 is 0. The van der Waals surface area contributed by atoms with E-state index in [2.05, 4.69) is 20.8 Å². The summed E-state index contributed by atoms with van der Waals surface area (Å²) in [6.07, 6.45) is 1.81. The molecule has 0 spiro atoms. The number of rotatable bonds is 6. The molecule has 24 heavy (non-hydrogen) atoms. The molecule has 0 radical (unpaired) electrons. The number of ether oxygens (including phenoxy) is 2. The first-order chi connectivity index (χ1) is 11.0. The molecule has 0 unspecified atom stereocenters. The lowest BCUT2D eigenvalue weighted by molar-refractivity contribution is -0.157. The number of nitrogens with one attached hydrogen (secondary N) is 1. The normalized spacial score (nSPS) is 13.2. The molecule has 136 valence electrons. The van der Waals surface area contributed by atoms with Crippen LogP contribution in [0.25, 0.3) is 0 Å². The Bertz CT molecular complexity index is 531. The first kappa shape index (κ1) is 19.9. The molecule has 0 bridgehead atoms. The van der Waals surface area contributed by atoms with Gasteiger partial charge < -0.3 is 14.8 Å². The van der Waals surface area contributed by atoms with Crippen molar-refractivity contribution in [3.05, 3.63) is 6.33 Å². The number of aromatic nitrogens is 4. The molecule has 0 saturated carbocycles. The summed E-state index contributed by atoms with van der Waals surface area (Å²) in [4.78, 5) is 24.3. The highest BCUT2D eigenvalue weighted by Crippen LogP contribution is 2.12. The Hall–Kier alpha value is -2.19. The van der Waals surface area contributed by atoms with E-state index in [1.165, 1.54) is 6.33 Å². The van der Waals surface area contributed by atoms with Crippen LogP contribution in [0.2, 0.25) is 0 Å². The SMILES string of the molecule is CC(C)(C)OC(=O)N[C@@H](CCCn1cnnn1)C(=O)OC(C)(C)C. The highest BCUT2D eigenvalue weighted by Gasteiger charge is 2.28. The van der Waals surface area contributed by atoms with E-state index in [-0.39, 0.29) is 0 Å². The van der Waals surface area contributed by atoms with Crippen LogP contribution >= 0.6 is 0 Å². The van der Waals surface area contributed by atoms with Crippen molar-refractivity contribution in [2.45, 2.75) is 78.2 Å². The summed E-state index contributed by atoms with van der Waals surface area (Å²) in [5, 5.41) is 13.4. The second-order valence-corrected chi connectivity index (χ2v) is 7.45. The number of esters is 1. The van der Waals surface area contributed by atoms with Crippen molar-refractivity contribution in [3.63, 3.8) is 0 Å². The predicted octanol–water partition coefficient (Wildman–Crippen LogP) is 1.69. The van der Waals surface area contributed by atoms with Crippen LogP contribution in [0.15, 0.2) is 6.33 Å². The van der Waals surface area contributed by atoms with Crippen molar-refractivity contribution in [2.75, 3.05) is 0 Å². The van der Waals surface area contributed by atoms with Gasteiger partial charge in [-0.1, -0.05) is 0 Å². The zero-order chi connectivity index (χ0) is 18.4. The van der Waals surface area contributed by atoms with Crippen molar-refractivity contribution < 1.29 is 19.1 Å². The van der Waals surface area contributed by atoms with Gasteiger partial charge in [0.2, 0.25) is 0 Å². The number of hydrogen-bond donors (Lipinski definition) is 1. The van der Waals surface area contributed by atoms with E-state index in [1.807, 2.05) is 0 Å². The number of hydrogen-bond acceptors (Lipinski definition) is 7. The van der Waals surface area contributed by atoms with Gasteiger partial charge in [-0.25, -0.2) is 14.3 Å². The van der Waals surface area contributed by atoms with Gasteiger partial charge in [0.05, 0.1) is 0 Å². The summed E-state index contributed by atoms with van der Waals surface area (Å²) in [6, 6.07) is -0.796. The van der Waals surface area contributed by atoms with Crippen LogP contribution in [0.3, 0.4) is 0 Å². The summed E-state index contributed by atoms with van der Waals surface area (Å²) in [5.41, 5.74) is -1.28. The van der Waals surface area contributed by atoms with Crippen LogP contribution in [0, 0.1) is 0 Å². The van der Waals surface area contributed by atoms with Gasteiger partial charge in [-0.05, 0) is 64.8 Å². The molecular formula is C15H27N5O4. The molecule has 1 amide bonds. The van der Waals surface area contributed by atoms with Crippen molar-refractivity contribution in [1.82, 2.24) is 25.5 Å². The van der Waals surface area contributed by atoms with E-state index in [1.54, 1.807) is 46.2 Å². The third-order valence-corrected chi connectivity index (χ3v) is 2.65. The van der Waals surface area contributed by atoms with Crippen LogP contribution in [0.5, 0.6) is 0 Å². The third kappa shape index (κ3) is 8.44. The lowest BCUT2D eigenvalue weighted by atomic mass is 10.1. The molecule has 0 aliphatic heterocycles. The first-order valence-electron chi connectivity index (χ1n) is 7.89. The van der Waals surface area contributed by atoms with Gasteiger partial charge in [0, 0.05) is 6.54 Å². The number of amides is 1. The maximum atomic E-state index is 12.3. The number of tetrazole rings is 1. The molecule has 0 fully saturated rings. The smallest absolute Gasteiger partial charge is 0.408 e. The van der Waals surface area contributed by atoms with E-state index >= 15 is 0 Å². The number of alkyl carbamates (subject to hydrolysis) is 1. The zero-order valence-corrected chi connectivity index (χ0v) is 15.2.